The molecule has 2 amide bonds. The minimum atomic E-state index is -1.10. The molecule has 0 aromatic rings. The number of thioether (sulfide) groups is 1. The molecule has 2 unspecified atom stereocenters. The van der Waals surface area contributed by atoms with Crippen molar-refractivity contribution in [2.24, 2.45) is 5.92 Å². The third kappa shape index (κ3) is 5.27. The van der Waals surface area contributed by atoms with Crippen LogP contribution < -0.4 is 10.6 Å². The Morgan fingerprint density at radius 1 is 1.59 bits per heavy atom. The van der Waals surface area contributed by atoms with Crippen LogP contribution in [-0.2, 0) is 9.53 Å². The average molecular weight is 262 g/mol. The second-order valence-corrected chi connectivity index (χ2v) is 5.08. The molecule has 3 N–H and O–H groups in total. The quantitative estimate of drug-likeness (QED) is 0.633. The van der Waals surface area contributed by atoms with Gasteiger partial charge in [-0.05, 0) is 23.8 Å². The van der Waals surface area contributed by atoms with Crippen LogP contribution in [0.15, 0.2) is 0 Å². The number of carbonyl (C=O) groups excluding carboxylic acids is 1. The molecule has 6 nitrogen and oxygen atoms in total. The van der Waals surface area contributed by atoms with Gasteiger partial charge in [-0.15, -0.1) is 0 Å². The summed E-state index contributed by atoms with van der Waals surface area (Å²) in [6, 6.07) is -1.45. The van der Waals surface area contributed by atoms with Crippen LogP contribution in [0, 0.1) is 5.92 Å². The molecular weight excluding hydrogens is 244 g/mol. The minimum Gasteiger partial charge on any atom is -0.480 e. The predicted octanol–water partition coefficient (Wildman–Crippen LogP) is 0.138. The molecule has 0 aromatic carbocycles. The second-order valence-electron chi connectivity index (χ2n) is 3.93. The number of hydrogen-bond acceptors (Lipinski definition) is 4. The van der Waals surface area contributed by atoms with Gasteiger partial charge in [-0.2, -0.15) is 11.8 Å². The molecule has 0 aliphatic carbocycles. The minimum absolute atomic E-state index is 0.0396. The summed E-state index contributed by atoms with van der Waals surface area (Å²) in [5.74, 6) is 1.59. The van der Waals surface area contributed by atoms with Gasteiger partial charge < -0.3 is 20.5 Å². The number of nitrogens with one attached hydrogen (secondary N) is 2. The Hall–Kier alpha value is -0.950. The van der Waals surface area contributed by atoms with Gasteiger partial charge in [0.15, 0.2) is 6.04 Å². The van der Waals surface area contributed by atoms with Crippen LogP contribution in [0.5, 0.6) is 0 Å². The molecule has 1 saturated heterocycles. The molecule has 1 fully saturated rings. The molecule has 0 bridgehead atoms. The largest absolute Gasteiger partial charge is 0.480 e. The molecule has 0 saturated carbocycles. The lowest BCUT2D eigenvalue weighted by atomic mass is 10.1. The van der Waals surface area contributed by atoms with E-state index >= 15 is 0 Å². The van der Waals surface area contributed by atoms with Crippen molar-refractivity contribution in [3.8, 4) is 0 Å². The highest BCUT2D eigenvalue weighted by Gasteiger charge is 2.21. The standard InChI is InChI=1S/C10H18N2O4S/c1-16-5-8(9(13)14)12-10(15)11-4-7-2-3-17-6-7/h7-8H,2-6H2,1H3,(H,13,14)(H2,11,12,15). The molecule has 98 valence electrons. The Morgan fingerprint density at radius 3 is 2.88 bits per heavy atom. The lowest BCUT2D eigenvalue weighted by Gasteiger charge is -2.15. The van der Waals surface area contributed by atoms with Crippen molar-refractivity contribution < 1.29 is 19.4 Å². The van der Waals surface area contributed by atoms with E-state index in [1.807, 2.05) is 11.8 Å². The van der Waals surface area contributed by atoms with Crippen LogP contribution in [0.1, 0.15) is 6.42 Å². The molecule has 1 aliphatic heterocycles. The van der Waals surface area contributed by atoms with Gasteiger partial charge in [0.05, 0.1) is 6.61 Å². The Kier molecular flexibility index (Phi) is 6.13. The van der Waals surface area contributed by atoms with Crippen molar-refractivity contribution in [3.63, 3.8) is 0 Å². The molecule has 2 atom stereocenters. The van der Waals surface area contributed by atoms with Crippen molar-refractivity contribution in [1.29, 1.82) is 0 Å². The lowest BCUT2D eigenvalue weighted by molar-refractivity contribution is -0.140. The Balaban J connectivity index is 2.23. The van der Waals surface area contributed by atoms with Gasteiger partial charge in [-0.3, -0.25) is 0 Å². The number of carboxylic acids is 1. The zero-order valence-electron chi connectivity index (χ0n) is 9.77. The molecule has 0 radical (unpaired) electrons. The summed E-state index contributed by atoms with van der Waals surface area (Å²) < 4.78 is 4.72. The maximum Gasteiger partial charge on any atom is 0.328 e. The molecule has 1 aliphatic rings. The summed E-state index contributed by atoms with van der Waals surface area (Å²) in [5, 5.41) is 13.9. The summed E-state index contributed by atoms with van der Waals surface area (Å²) in [6.07, 6.45) is 1.10. The fourth-order valence-corrected chi connectivity index (χ4v) is 2.82. The van der Waals surface area contributed by atoms with E-state index in [0.29, 0.717) is 12.5 Å². The van der Waals surface area contributed by atoms with Crippen molar-refractivity contribution in [1.82, 2.24) is 10.6 Å². The van der Waals surface area contributed by atoms with E-state index in [2.05, 4.69) is 10.6 Å². The van der Waals surface area contributed by atoms with E-state index < -0.39 is 18.0 Å². The highest BCUT2D eigenvalue weighted by molar-refractivity contribution is 7.99. The lowest BCUT2D eigenvalue weighted by Crippen LogP contribution is -2.49. The van der Waals surface area contributed by atoms with Crippen molar-refractivity contribution in [2.45, 2.75) is 12.5 Å². The molecule has 0 aromatic heterocycles. The number of amides is 2. The zero-order chi connectivity index (χ0) is 12.7. The fraction of sp³-hybridized carbons (Fsp3) is 0.800. The van der Waals surface area contributed by atoms with E-state index in [-0.39, 0.29) is 6.61 Å². The van der Waals surface area contributed by atoms with Gasteiger partial charge in [0, 0.05) is 13.7 Å². The maximum absolute atomic E-state index is 11.4. The van der Waals surface area contributed by atoms with Crippen molar-refractivity contribution in [2.75, 3.05) is 31.8 Å². The van der Waals surface area contributed by atoms with Crippen LogP contribution in [0.4, 0.5) is 4.79 Å². The van der Waals surface area contributed by atoms with Gasteiger partial charge in [-0.25, -0.2) is 9.59 Å². The van der Waals surface area contributed by atoms with Crippen LogP contribution in [0.3, 0.4) is 0 Å². The second kappa shape index (κ2) is 7.39. The van der Waals surface area contributed by atoms with E-state index in [1.165, 1.54) is 7.11 Å². The van der Waals surface area contributed by atoms with Crippen LogP contribution in [0.2, 0.25) is 0 Å². The van der Waals surface area contributed by atoms with E-state index in [4.69, 9.17) is 9.84 Å². The molecule has 17 heavy (non-hydrogen) atoms. The van der Waals surface area contributed by atoms with E-state index in [1.54, 1.807) is 0 Å². The Bertz CT molecular complexity index is 269. The Labute approximate surface area is 104 Å². The fourth-order valence-electron chi connectivity index (χ4n) is 1.53. The van der Waals surface area contributed by atoms with Gasteiger partial charge >= 0.3 is 12.0 Å². The Morgan fingerprint density at radius 2 is 2.35 bits per heavy atom. The molecule has 1 rings (SSSR count). The first-order valence-corrected chi connectivity index (χ1v) is 6.62. The summed E-state index contributed by atoms with van der Waals surface area (Å²) in [7, 11) is 1.39. The third-order valence-corrected chi connectivity index (χ3v) is 3.74. The third-order valence-electron chi connectivity index (χ3n) is 2.51. The summed E-state index contributed by atoms with van der Waals surface area (Å²) in [6.45, 7) is 0.556. The number of hydrogen-bond donors (Lipinski definition) is 3. The van der Waals surface area contributed by atoms with E-state index in [0.717, 1.165) is 17.9 Å². The van der Waals surface area contributed by atoms with Crippen LogP contribution in [0.25, 0.3) is 0 Å². The smallest absolute Gasteiger partial charge is 0.328 e. The number of carboxylic acid groups (broad SMARTS) is 1. The highest BCUT2D eigenvalue weighted by Crippen LogP contribution is 2.22. The predicted molar refractivity (Wildman–Crippen MR) is 65.3 cm³/mol. The van der Waals surface area contributed by atoms with Gasteiger partial charge in [-0.1, -0.05) is 0 Å². The molecule has 7 heteroatoms. The topological polar surface area (TPSA) is 87.7 Å². The van der Waals surface area contributed by atoms with Gasteiger partial charge in [0.25, 0.3) is 0 Å². The average Bonchev–Trinajstić information content (AvgIpc) is 2.78. The summed E-state index contributed by atoms with van der Waals surface area (Å²) >= 11 is 1.87. The SMILES string of the molecule is COCC(NC(=O)NCC1CCSC1)C(=O)O. The first-order chi connectivity index (χ1) is 8.13. The first kappa shape index (κ1) is 14.1. The normalized spacial score (nSPS) is 20.9. The number of aliphatic carboxylic acids is 1. The number of ether oxygens (including phenoxy) is 1. The summed E-state index contributed by atoms with van der Waals surface area (Å²) in [4.78, 5) is 22.2. The van der Waals surface area contributed by atoms with Crippen molar-refractivity contribution in [3.05, 3.63) is 0 Å². The zero-order valence-corrected chi connectivity index (χ0v) is 10.6. The van der Waals surface area contributed by atoms with Crippen LogP contribution in [-0.4, -0.2) is 54.9 Å². The van der Waals surface area contributed by atoms with Crippen molar-refractivity contribution >= 4 is 23.8 Å². The number of carbonyl (C=O) groups is 2. The summed E-state index contributed by atoms with van der Waals surface area (Å²) in [5.41, 5.74) is 0. The monoisotopic (exact) mass is 262 g/mol. The molecule has 1 heterocycles. The van der Waals surface area contributed by atoms with Gasteiger partial charge in [0.1, 0.15) is 0 Å². The number of urea groups is 1. The number of methoxy groups -OCH3 is 1. The van der Waals surface area contributed by atoms with Gasteiger partial charge in [0.2, 0.25) is 0 Å². The first-order valence-electron chi connectivity index (χ1n) is 5.47. The number of rotatable bonds is 6. The van der Waals surface area contributed by atoms with E-state index in [9.17, 15) is 9.59 Å². The maximum atomic E-state index is 11.4. The van der Waals surface area contributed by atoms with Crippen LogP contribution >= 0.6 is 11.8 Å². The highest BCUT2D eigenvalue weighted by atomic mass is 32.2. The molecular formula is C10H18N2O4S. The molecule has 0 spiro atoms.